The number of hydrogen-bond donors (Lipinski definition) is 0. The average molecular weight is 436 g/mol. The van der Waals surface area contributed by atoms with Crippen molar-refractivity contribution in [3.05, 3.63) is 53.1 Å². The summed E-state index contributed by atoms with van der Waals surface area (Å²) >= 11 is 5.64. The number of nitrogens with zero attached hydrogens (tertiary/aromatic N) is 1. The van der Waals surface area contributed by atoms with Gasteiger partial charge in [0.2, 0.25) is 10.0 Å². The molecule has 0 aromatic heterocycles. The van der Waals surface area contributed by atoms with Crippen LogP contribution in [0.15, 0.2) is 47.4 Å². The van der Waals surface area contributed by atoms with Gasteiger partial charge in [0.05, 0.1) is 17.0 Å². The van der Waals surface area contributed by atoms with Crippen LogP contribution in [-0.2, 0) is 16.2 Å². The lowest BCUT2D eigenvalue weighted by molar-refractivity contribution is -0.139. The fourth-order valence-corrected chi connectivity index (χ4v) is 4.71. The van der Waals surface area contributed by atoms with Gasteiger partial charge in [-0.2, -0.15) is 17.5 Å². The van der Waals surface area contributed by atoms with Gasteiger partial charge in [-0.05, 0) is 30.3 Å². The molecule has 3 rings (SSSR count). The first kappa shape index (κ1) is 20.8. The van der Waals surface area contributed by atoms with Gasteiger partial charge < -0.3 is 9.47 Å². The quantitative estimate of drug-likeness (QED) is 0.706. The highest BCUT2D eigenvalue weighted by atomic mass is 35.5. The minimum absolute atomic E-state index is 0.0379. The number of likely N-dealkylation sites (N-methyl/N-ethyl adjacent to an activating group) is 1. The Morgan fingerprint density at radius 2 is 1.86 bits per heavy atom. The first-order chi connectivity index (χ1) is 13.1. The van der Waals surface area contributed by atoms with Gasteiger partial charge in [0.1, 0.15) is 12.7 Å². The molecule has 0 saturated heterocycles. The minimum Gasteiger partial charge on any atom is -0.486 e. The molecule has 0 fully saturated rings. The molecule has 0 saturated carbocycles. The molecule has 0 bridgehead atoms. The van der Waals surface area contributed by atoms with E-state index in [0.29, 0.717) is 17.6 Å². The maximum Gasteiger partial charge on any atom is 0.417 e. The molecular formula is C18H17ClF3NO4S. The van der Waals surface area contributed by atoms with Crippen molar-refractivity contribution in [1.82, 2.24) is 4.31 Å². The summed E-state index contributed by atoms with van der Waals surface area (Å²) in [6, 6.07) is 9.49. The maximum absolute atomic E-state index is 13.4. The Balaban J connectivity index is 1.89. The highest BCUT2D eigenvalue weighted by Gasteiger charge is 2.40. The van der Waals surface area contributed by atoms with E-state index >= 15 is 0 Å². The van der Waals surface area contributed by atoms with Crippen LogP contribution < -0.4 is 9.47 Å². The summed E-state index contributed by atoms with van der Waals surface area (Å²) in [7, 11) is -4.44. The fourth-order valence-electron chi connectivity index (χ4n) is 2.87. The smallest absolute Gasteiger partial charge is 0.417 e. The number of sulfonamides is 1. The van der Waals surface area contributed by atoms with Gasteiger partial charge in [-0.15, -0.1) is 0 Å². The molecule has 0 spiro atoms. The van der Waals surface area contributed by atoms with Crippen LogP contribution >= 0.6 is 11.6 Å². The first-order valence-corrected chi connectivity index (χ1v) is 10.2. The number of halogens is 4. The molecule has 0 aliphatic carbocycles. The largest absolute Gasteiger partial charge is 0.486 e. The number of alkyl halides is 3. The third-order valence-corrected chi connectivity index (χ3v) is 6.43. The Bertz CT molecular complexity index is 966. The topological polar surface area (TPSA) is 55.8 Å². The van der Waals surface area contributed by atoms with Crippen molar-refractivity contribution in [3.8, 4) is 11.5 Å². The van der Waals surface area contributed by atoms with E-state index in [1.165, 1.54) is 0 Å². The van der Waals surface area contributed by atoms with E-state index in [9.17, 15) is 21.6 Å². The Morgan fingerprint density at radius 3 is 2.50 bits per heavy atom. The first-order valence-electron chi connectivity index (χ1n) is 8.38. The van der Waals surface area contributed by atoms with Gasteiger partial charge in [0.25, 0.3) is 0 Å². The minimum atomic E-state index is -4.86. The van der Waals surface area contributed by atoms with Crippen molar-refractivity contribution in [1.29, 1.82) is 0 Å². The summed E-state index contributed by atoms with van der Waals surface area (Å²) in [5.74, 6) is 0.983. The normalized spacial score (nSPS) is 17.0. The fraction of sp³-hybridized carbons (Fsp3) is 0.333. The van der Waals surface area contributed by atoms with Gasteiger partial charge in [-0.3, -0.25) is 0 Å². The standard InChI is InChI=1S/C18H17ClF3NO4S/c1-2-23(10-13-11-26-15-5-3-4-6-16(15)27-13)28(24,25)17-8-7-12(19)9-14(17)18(20,21)22/h3-9,13H,2,10-11H2,1H3. The van der Waals surface area contributed by atoms with E-state index in [2.05, 4.69) is 0 Å². The van der Waals surface area contributed by atoms with Crippen LogP contribution in [0.1, 0.15) is 12.5 Å². The lowest BCUT2D eigenvalue weighted by Crippen LogP contribution is -2.43. The zero-order chi connectivity index (χ0) is 20.5. The molecule has 5 nitrogen and oxygen atoms in total. The van der Waals surface area contributed by atoms with Crippen molar-refractivity contribution in [2.45, 2.75) is 24.1 Å². The molecule has 1 aliphatic heterocycles. The van der Waals surface area contributed by atoms with Crippen molar-refractivity contribution < 1.29 is 31.1 Å². The molecule has 1 aliphatic rings. The number of fused-ring (bicyclic) bond motifs is 1. The lowest BCUT2D eigenvalue weighted by Gasteiger charge is -2.30. The van der Waals surface area contributed by atoms with Gasteiger partial charge >= 0.3 is 6.18 Å². The molecule has 28 heavy (non-hydrogen) atoms. The third kappa shape index (κ3) is 4.21. The number of hydrogen-bond acceptors (Lipinski definition) is 4. The summed E-state index contributed by atoms with van der Waals surface area (Å²) in [5, 5.41) is -0.199. The Morgan fingerprint density at radius 1 is 1.18 bits per heavy atom. The van der Waals surface area contributed by atoms with Crippen molar-refractivity contribution >= 4 is 21.6 Å². The van der Waals surface area contributed by atoms with Gasteiger partial charge in [-0.25, -0.2) is 8.42 Å². The molecule has 2 aromatic rings. The Hall–Kier alpha value is -1.97. The molecule has 1 heterocycles. The second kappa shape index (κ2) is 7.81. The monoisotopic (exact) mass is 435 g/mol. The molecule has 0 radical (unpaired) electrons. The summed E-state index contributed by atoms with van der Waals surface area (Å²) < 4.78 is 78.2. The number of para-hydroxylation sites is 2. The summed E-state index contributed by atoms with van der Waals surface area (Å²) in [4.78, 5) is -0.844. The summed E-state index contributed by atoms with van der Waals surface area (Å²) in [6.45, 7) is 1.42. The van der Waals surface area contributed by atoms with Crippen LogP contribution in [0, 0.1) is 0 Å². The van der Waals surface area contributed by atoms with Gasteiger partial charge in [-0.1, -0.05) is 30.7 Å². The predicted molar refractivity (Wildman–Crippen MR) is 97.2 cm³/mol. The zero-order valence-electron chi connectivity index (χ0n) is 14.7. The molecule has 0 N–H and O–H groups in total. The van der Waals surface area contributed by atoms with E-state index in [1.807, 2.05) is 0 Å². The molecular weight excluding hydrogens is 419 g/mol. The summed E-state index contributed by atoms with van der Waals surface area (Å²) in [6.07, 6.45) is -5.53. The maximum atomic E-state index is 13.4. The number of benzene rings is 2. The predicted octanol–water partition coefficient (Wildman–Crippen LogP) is 4.21. The van der Waals surface area contributed by atoms with Crippen molar-refractivity contribution in [2.75, 3.05) is 19.7 Å². The van der Waals surface area contributed by atoms with Crippen LogP contribution in [0.25, 0.3) is 0 Å². The van der Waals surface area contributed by atoms with E-state index < -0.39 is 32.8 Å². The Labute approximate surface area is 165 Å². The SMILES string of the molecule is CCN(CC1COc2ccccc2O1)S(=O)(=O)c1ccc(Cl)cc1C(F)(F)F. The molecule has 0 amide bonds. The Kier molecular flexibility index (Phi) is 5.79. The van der Waals surface area contributed by atoms with Crippen LogP contribution in [0.4, 0.5) is 13.2 Å². The van der Waals surface area contributed by atoms with E-state index in [-0.39, 0.29) is 24.7 Å². The van der Waals surface area contributed by atoms with E-state index in [1.54, 1.807) is 31.2 Å². The molecule has 1 atom stereocenters. The highest BCUT2D eigenvalue weighted by Crippen LogP contribution is 2.37. The van der Waals surface area contributed by atoms with Crippen LogP contribution in [0.3, 0.4) is 0 Å². The van der Waals surface area contributed by atoms with Crippen LogP contribution in [0.5, 0.6) is 11.5 Å². The van der Waals surface area contributed by atoms with Gasteiger partial charge in [0, 0.05) is 11.6 Å². The zero-order valence-corrected chi connectivity index (χ0v) is 16.3. The van der Waals surface area contributed by atoms with E-state index in [4.69, 9.17) is 21.1 Å². The average Bonchev–Trinajstić information content (AvgIpc) is 2.64. The van der Waals surface area contributed by atoms with Crippen LogP contribution in [-0.4, -0.2) is 38.5 Å². The molecule has 1 unspecified atom stereocenters. The van der Waals surface area contributed by atoms with Crippen molar-refractivity contribution in [2.24, 2.45) is 0 Å². The second-order valence-corrected chi connectivity index (χ2v) is 8.43. The number of ether oxygens (including phenoxy) is 2. The second-order valence-electron chi connectivity index (χ2n) is 6.09. The molecule has 10 heteroatoms. The van der Waals surface area contributed by atoms with Crippen LogP contribution in [0.2, 0.25) is 5.02 Å². The van der Waals surface area contributed by atoms with E-state index in [0.717, 1.165) is 16.4 Å². The molecule has 2 aromatic carbocycles. The summed E-state index contributed by atoms with van der Waals surface area (Å²) in [5.41, 5.74) is -1.30. The van der Waals surface area contributed by atoms with Crippen molar-refractivity contribution in [3.63, 3.8) is 0 Å². The van der Waals surface area contributed by atoms with Gasteiger partial charge in [0.15, 0.2) is 11.5 Å². The molecule has 152 valence electrons. The number of rotatable bonds is 5. The highest BCUT2D eigenvalue weighted by molar-refractivity contribution is 7.89. The lowest BCUT2D eigenvalue weighted by atomic mass is 10.2. The third-order valence-electron chi connectivity index (χ3n) is 4.19.